The predicted octanol–water partition coefficient (Wildman–Crippen LogP) is 1.47. The predicted molar refractivity (Wildman–Crippen MR) is 52.2 cm³/mol. The zero-order chi connectivity index (χ0) is 8.39. The quantitative estimate of drug-likeness (QED) is 0.561. The molecule has 1 aliphatic heterocycles. The Labute approximate surface area is 73.3 Å². The molecule has 1 aliphatic rings. The highest BCUT2D eigenvalue weighted by molar-refractivity contribution is 6.53. The van der Waals surface area contributed by atoms with Crippen molar-refractivity contribution in [2.75, 3.05) is 6.61 Å². The first-order valence-electron chi connectivity index (χ1n) is 4.13. The first-order valence-corrected chi connectivity index (χ1v) is 4.13. The summed E-state index contributed by atoms with van der Waals surface area (Å²) in [6.45, 7) is 2.72. The standard InChI is InChI=1S/C10H10BO/c1-11-9-6-2-4-8-5-3-7-12-10(8)9/h2-6H,7H2,1H3. The molecule has 0 spiro atoms. The van der Waals surface area contributed by atoms with Gasteiger partial charge in [0.05, 0.1) is 0 Å². The fraction of sp³-hybridized carbons (Fsp3) is 0.200. The van der Waals surface area contributed by atoms with Crippen molar-refractivity contribution in [3.8, 4) is 5.75 Å². The van der Waals surface area contributed by atoms with Crippen LogP contribution in [-0.2, 0) is 0 Å². The van der Waals surface area contributed by atoms with Crippen molar-refractivity contribution in [3.05, 3.63) is 29.8 Å². The maximum Gasteiger partial charge on any atom is 0.153 e. The molecule has 0 saturated carbocycles. The van der Waals surface area contributed by atoms with Crippen molar-refractivity contribution in [1.82, 2.24) is 0 Å². The molecule has 0 fully saturated rings. The van der Waals surface area contributed by atoms with E-state index in [9.17, 15) is 0 Å². The van der Waals surface area contributed by atoms with Crippen LogP contribution in [0.5, 0.6) is 5.75 Å². The smallest absolute Gasteiger partial charge is 0.153 e. The van der Waals surface area contributed by atoms with Gasteiger partial charge < -0.3 is 4.74 Å². The van der Waals surface area contributed by atoms with Crippen LogP contribution in [0.1, 0.15) is 5.56 Å². The van der Waals surface area contributed by atoms with E-state index >= 15 is 0 Å². The number of hydrogen-bond donors (Lipinski definition) is 0. The highest BCUT2D eigenvalue weighted by Crippen LogP contribution is 2.20. The lowest BCUT2D eigenvalue weighted by Gasteiger charge is -2.15. The second kappa shape index (κ2) is 3.06. The van der Waals surface area contributed by atoms with Crippen LogP contribution >= 0.6 is 0 Å². The van der Waals surface area contributed by atoms with E-state index < -0.39 is 0 Å². The van der Waals surface area contributed by atoms with Gasteiger partial charge in [0.2, 0.25) is 0 Å². The number of hydrogen-bond acceptors (Lipinski definition) is 1. The molecule has 2 rings (SSSR count). The van der Waals surface area contributed by atoms with Gasteiger partial charge >= 0.3 is 0 Å². The molecule has 0 atom stereocenters. The monoisotopic (exact) mass is 157 g/mol. The third-order valence-electron chi connectivity index (χ3n) is 2.01. The third kappa shape index (κ3) is 1.13. The summed E-state index contributed by atoms with van der Waals surface area (Å²) in [5.74, 6) is 1.02. The van der Waals surface area contributed by atoms with Gasteiger partial charge in [0.25, 0.3) is 0 Å². The van der Waals surface area contributed by atoms with Crippen LogP contribution in [0, 0.1) is 0 Å². The Hall–Kier alpha value is -1.18. The van der Waals surface area contributed by atoms with E-state index in [0.29, 0.717) is 6.61 Å². The summed E-state index contributed by atoms with van der Waals surface area (Å²) in [7, 11) is 2.07. The molecular formula is C10H10BO. The van der Waals surface area contributed by atoms with Crippen molar-refractivity contribution in [2.45, 2.75) is 6.82 Å². The summed E-state index contributed by atoms with van der Waals surface area (Å²) in [5.41, 5.74) is 2.36. The Morgan fingerprint density at radius 2 is 2.33 bits per heavy atom. The van der Waals surface area contributed by atoms with Crippen LogP contribution < -0.4 is 10.2 Å². The molecule has 59 valence electrons. The molecule has 12 heavy (non-hydrogen) atoms. The van der Waals surface area contributed by atoms with Gasteiger partial charge in [-0.1, -0.05) is 31.1 Å². The van der Waals surface area contributed by atoms with Crippen LogP contribution in [-0.4, -0.2) is 13.9 Å². The minimum Gasteiger partial charge on any atom is -0.489 e. The van der Waals surface area contributed by atoms with E-state index in [4.69, 9.17) is 4.74 Å². The molecule has 0 saturated heterocycles. The van der Waals surface area contributed by atoms with Gasteiger partial charge in [0.1, 0.15) is 12.4 Å². The summed E-state index contributed by atoms with van der Waals surface area (Å²) in [6, 6.07) is 6.18. The highest BCUT2D eigenvalue weighted by Gasteiger charge is 2.08. The average molecular weight is 157 g/mol. The molecule has 1 aromatic carbocycles. The molecule has 0 aliphatic carbocycles. The second-order valence-electron chi connectivity index (χ2n) is 2.77. The number of rotatable bonds is 1. The lowest BCUT2D eigenvalue weighted by atomic mass is 9.72. The first kappa shape index (κ1) is 7.47. The SMILES string of the molecule is C[B]c1cccc2c1OCC=C2. The fourth-order valence-corrected chi connectivity index (χ4v) is 1.41. The molecule has 1 aromatic rings. The summed E-state index contributed by atoms with van der Waals surface area (Å²) < 4.78 is 5.53. The topological polar surface area (TPSA) is 9.23 Å². The van der Waals surface area contributed by atoms with Crippen molar-refractivity contribution in [1.29, 1.82) is 0 Å². The lowest BCUT2D eigenvalue weighted by Crippen LogP contribution is -2.17. The fourth-order valence-electron chi connectivity index (χ4n) is 1.41. The molecule has 0 bridgehead atoms. The van der Waals surface area contributed by atoms with Crippen molar-refractivity contribution < 1.29 is 4.74 Å². The molecule has 1 heterocycles. The summed E-state index contributed by atoms with van der Waals surface area (Å²) in [4.78, 5) is 0. The van der Waals surface area contributed by atoms with Crippen LogP contribution in [0.25, 0.3) is 6.08 Å². The Morgan fingerprint density at radius 1 is 1.42 bits per heavy atom. The van der Waals surface area contributed by atoms with E-state index in [1.807, 2.05) is 19.0 Å². The summed E-state index contributed by atoms with van der Waals surface area (Å²) >= 11 is 0. The Morgan fingerprint density at radius 3 is 3.17 bits per heavy atom. The van der Waals surface area contributed by atoms with E-state index in [1.165, 1.54) is 11.0 Å². The molecule has 0 amide bonds. The van der Waals surface area contributed by atoms with Gasteiger partial charge in [-0.25, -0.2) is 0 Å². The van der Waals surface area contributed by atoms with Crippen LogP contribution in [0.15, 0.2) is 24.3 Å². The molecule has 0 unspecified atom stereocenters. The summed E-state index contributed by atoms with van der Waals surface area (Å²) in [6.07, 6.45) is 4.13. The molecule has 0 N–H and O–H groups in total. The van der Waals surface area contributed by atoms with Gasteiger partial charge in [0, 0.05) is 5.56 Å². The van der Waals surface area contributed by atoms with Crippen molar-refractivity contribution in [3.63, 3.8) is 0 Å². The Balaban J connectivity index is 2.53. The Bertz CT molecular complexity index is 318. The highest BCUT2D eigenvalue weighted by atomic mass is 16.5. The Kier molecular flexibility index (Phi) is 1.90. The van der Waals surface area contributed by atoms with Gasteiger partial charge in [-0.05, 0) is 11.5 Å². The molecular weight excluding hydrogens is 147 g/mol. The van der Waals surface area contributed by atoms with Crippen LogP contribution in [0.2, 0.25) is 6.82 Å². The minimum absolute atomic E-state index is 0.692. The zero-order valence-electron chi connectivity index (χ0n) is 7.08. The normalized spacial score (nSPS) is 13.4. The third-order valence-corrected chi connectivity index (χ3v) is 2.01. The molecule has 2 heteroatoms. The van der Waals surface area contributed by atoms with E-state index in [-0.39, 0.29) is 0 Å². The number of benzene rings is 1. The van der Waals surface area contributed by atoms with Crippen LogP contribution in [0.3, 0.4) is 0 Å². The first-order chi connectivity index (χ1) is 5.92. The van der Waals surface area contributed by atoms with Crippen molar-refractivity contribution in [2.24, 2.45) is 0 Å². The van der Waals surface area contributed by atoms with E-state index in [2.05, 4.69) is 25.5 Å². The maximum absolute atomic E-state index is 5.53. The number of ether oxygens (including phenoxy) is 1. The maximum atomic E-state index is 5.53. The minimum atomic E-state index is 0.692. The van der Waals surface area contributed by atoms with Crippen molar-refractivity contribution >= 4 is 18.8 Å². The number of fused-ring (bicyclic) bond motifs is 1. The lowest BCUT2D eigenvalue weighted by molar-refractivity contribution is 0.361. The largest absolute Gasteiger partial charge is 0.489 e. The van der Waals surface area contributed by atoms with Gasteiger partial charge in [-0.2, -0.15) is 0 Å². The molecule has 1 radical (unpaired) electrons. The van der Waals surface area contributed by atoms with Gasteiger partial charge in [0.15, 0.2) is 7.28 Å². The molecule has 0 aromatic heterocycles. The number of para-hydroxylation sites is 1. The van der Waals surface area contributed by atoms with Crippen LogP contribution in [0.4, 0.5) is 0 Å². The zero-order valence-corrected chi connectivity index (χ0v) is 7.08. The summed E-state index contributed by atoms with van der Waals surface area (Å²) in [5, 5.41) is 0. The van der Waals surface area contributed by atoms with Gasteiger partial charge in [-0.3, -0.25) is 0 Å². The second-order valence-corrected chi connectivity index (χ2v) is 2.77. The van der Waals surface area contributed by atoms with E-state index in [1.54, 1.807) is 0 Å². The van der Waals surface area contributed by atoms with Gasteiger partial charge in [-0.15, -0.1) is 0 Å². The molecule has 1 nitrogen and oxygen atoms in total. The average Bonchev–Trinajstić information content (AvgIpc) is 2.17. The van der Waals surface area contributed by atoms with E-state index in [0.717, 1.165) is 5.75 Å².